The number of para-hydroxylation sites is 1. The van der Waals surface area contributed by atoms with Gasteiger partial charge in [0, 0.05) is 29.3 Å². The van der Waals surface area contributed by atoms with Gasteiger partial charge < -0.3 is 24.1 Å². The van der Waals surface area contributed by atoms with Gasteiger partial charge in [-0.25, -0.2) is 0 Å². The van der Waals surface area contributed by atoms with Gasteiger partial charge in [0.1, 0.15) is 5.76 Å². The Morgan fingerprint density at radius 1 is 1.17 bits per heavy atom. The summed E-state index contributed by atoms with van der Waals surface area (Å²) in [6, 6.07) is 15.9. The lowest BCUT2D eigenvalue weighted by molar-refractivity contribution is 0.341. The number of fused-ring (bicyclic) bond motifs is 1. The number of methoxy groups -OCH3 is 2. The molecule has 0 unspecified atom stereocenters. The van der Waals surface area contributed by atoms with Crippen LogP contribution in [0.15, 0.2) is 58.7 Å². The number of nitrogens with zero attached hydrogens (tertiary/aromatic N) is 2. The molecule has 0 radical (unpaired) electrons. The molecule has 2 aromatic carbocycles. The van der Waals surface area contributed by atoms with Crippen LogP contribution in [0.3, 0.4) is 0 Å². The summed E-state index contributed by atoms with van der Waals surface area (Å²) < 4.78 is 17.1. The molecule has 1 N–H and O–H groups in total. The van der Waals surface area contributed by atoms with Crippen LogP contribution in [-0.4, -0.2) is 33.2 Å². The van der Waals surface area contributed by atoms with Crippen molar-refractivity contribution < 1.29 is 13.9 Å². The monoisotopic (exact) mass is 391 g/mol. The average Bonchev–Trinajstić information content (AvgIpc) is 3.14. The molecular formula is C23H25N3O3. The molecule has 0 atom stereocenters. The van der Waals surface area contributed by atoms with E-state index in [2.05, 4.69) is 11.4 Å². The summed E-state index contributed by atoms with van der Waals surface area (Å²) in [6.45, 7) is 0.663. The molecule has 150 valence electrons. The van der Waals surface area contributed by atoms with Gasteiger partial charge in [0.05, 0.1) is 26.8 Å². The predicted octanol–water partition coefficient (Wildman–Crippen LogP) is 4.57. The molecule has 0 bridgehead atoms. The highest BCUT2D eigenvalue weighted by Gasteiger charge is 2.19. The summed E-state index contributed by atoms with van der Waals surface area (Å²) in [4.78, 5) is 2.03. The molecule has 0 fully saturated rings. The molecule has 0 aliphatic carbocycles. The normalized spacial score (nSPS) is 11.5. The third kappa shape index (κ3) is 4.71. The smallest absolute Gasteiger partial charge is 0.204 e. The minimum atomic E-state index is 0.439. The Morgan fingerprint density at radius 2 is 1.93 bits per heavy atom. The quantitative estimate of drug-likeness (QED) is 0.567. The molecule has 0 saturated heterocycles. The Bertz CT molecular complexity index is 1050. The van der Waals surface area contributed by atoms with Crippen LogP contribution in [0.25, 0.3) is 11.0 Å². The minimum Gasteiger partial charge on any atom is -0.493 e. The van der Waals surface area contributed by atoms with Crippen LogP contribution in [0.1, 0.15) is 11.3 Å². The minimum absolute atomic E-state index is 0.439. The summed E-state index contributed by atoms with van der Waals surface area (Å²) in [5.41, 5.74) is 3.09. The maximum atomic E-state index is 9.64. The molecule has 0 spiro atoms. The van der Waals surface area contributed by atoms with E-state index in [0.717, 1.165) is 22.4 Å². The number of hydrogen-bond donors (Lipinski definition) is 1. The van der Waals surface area contributed by atoms with Crippen molar-refractivity contribution in [3.05, 3.63) is 65.6 Å². The van der Waals surface area contributed by atoms with E-state index in [-0.39, 0.29) is 0 Å². The zero-order chi connectivity index (χ0) is 20.8. The van der Waals surface area contributed by atoms with E-state index in [1.807, 2.05) is 61.5 Å². The summed E-state index contributed by atoms with van der Waals surface area (Å²) in [5.74, 6) is 1.96. The first-order valence-corrected chi connectivity index (χ1v) is 9.27. The fourth-order valence-corrected chi connectivity index (χ4v) is 3.18. The molecule has 6 nitrogen and oxygen atoms in total. The Labute approximate surface area is 170 Å². The topological polar surface area (TPSA) is 70.7 Å². The van der Waals surface area contributed by atoms with E-state index in [0.29, 0.717) is 35.6 Å². The summed E-state index contributed by atoms with van der Waals surface area (Å²) >= 11 is 0. The number of hydrogen-bond acceptors (Lipinski definition) is 6. The first kappa shape index (κ1) is 20.3. The van der Waals surface area contributed by atoms with E-state index in [4.69, 9.17) is 13.9 Å². The van der Waals surface area contributed by atoms with Crippen LogP contribution in [0.4, 0.5) is 5.69 Å². The third-order valence-electron chi connectivity index (χ3n) is 4.47. The lowest BCUT2D eigenvalue weighted by Crippen LogP contribution is -2.09. The van der Waals surface area contributed by atoms with Gasteiger partial charge in [-0.05, 0) is 43.9 Å². The number of anilines is 1. The van der Waals surface area contributed by atoms with Crippen molar-refractivity contribution in [1.29, 1.82) is 5.26 Å². The molecular weight excluding hydrogens is 366 g/mol. The second-order valence-corrected chi connectivity index (χ2v) is 6.93. The fraction of sp³-hybridized carbons (Fsp3) is 0.261. The van der Waals surface area contributed by atoms with Crippen molar-refractivity contribution in [3.8, 4) is 17.6 Å². The van der Waals surface area contributed by atoms with Gasteiger partial charge in [0.2, 0.25) is 5.75 Å². The molecule has 3 rings (SSSR count). The largest absolute Gasteiger partial charge is 0.493 e. The van der Waals surface area contributed by atoms with Crippen LogP contribution in [-0.2, 0) is 13.0 Å². The van der Waals surface area contributed by atoms with Crippen LogP contribution in [0.2, 0.25) is 0 Å². The molecule has 1 heterocycles. The number of furan rings is 1. The highest BCUT2D eigenvalue weighted by molar-refractivity contribution is 5.90. The van der Waals surface area contributed by atoms with Crippen molar-refractivity contribution in [1.82, 2.24) is 4.90 Å². The van der Waals surface area contributed by atoms with E-state index in [1.165, 1.54) is 0 Å². The van der Waals surface area contributed by atoms with Crippen LogP contribution in [0, 0.1) is 11.3 Å². The second-order valence-electron chi connectivity index (χ2n) is 6.93. The average molecular weight is 391 g/mol. The maximum absolute atomic E-state index is 9.64. The molecule has 3 aromatic rings. The highest BCUT2D eigenvalue weighted by Crippen LogP contribution is 2.40. The zero-order valence-electron chi connectivity index (χ0n) is 17.2. The van der Waals surface area contributed by atoms with Crippen LogP contribution >= 0.6 is 0 Å². The Hall–Kier alpha value is -3.43. The predicted molar refractivity (Wildman–Crippen MR) is 114 cm³/mol. The molecule has 1 aromatic heterocycles. The van der Waals surface area contributed by atoms with Gasteiger partial charge in [-0.15, -0.1) is 0 Å². The second kappa shape index (κ2) is 9.18. The molecule has 6 heteroatoms. The molecule has 0 saturated carbocycles. The number of ether oxygens (including phenoxy) is 2. The fourth-order valence-electron chi connectivity index (χ4n) is 3.18. The van der Waals surface area contributed by atoms with Gasteiger partial charge in [-0.1, -0.05) is 18.2 Å². The first-order chi connectivity index (χ1) is 14.0. The van der Waals surface area contributed by atoms with E-state index >= 15 is 0 Å². The van der Waals surface area contributed by atoms with Crippen molar-refractivity contribution in [3.63, 3.8) is 0 Å². The van der Waals surface area contributed by atoms with Gasteiger partial charge in [0.15, 0.2) is 11.3 Å². The van der Waals surface area contributed by atoms with E-state index < -0.39 is 0 Å². The Morgan fingerprint density at radius 3 is 2.55 bits per heavy atom. The Balaban J connectivity index is 2.00. The van der Waals surface area contributed by atoms with Crippen LogP contribution < -0.4 is 14.8 Å². The molecule has 0 aliphatic rings. The van der Waals surface area contributed by atoms with Crippen molar-refractivity contribution >= 4 is 16.7 Å². The third-order valence-corrected chi connectivity index (χ3v) is 4.47. The lowest BCUT2D eigenvalue weighted by atomic mass is 10.0. The van der Waals surface area contributed by atoms with E-state index in [9.17, 15) is 5.26 Å². The Kier molecular flexibility index (Phi) is 6.43. The zero-order valence-corrected chi connectivity index (χ0v) is 17.2. The number of rotatable bonds is 8. The summed E-state index contributed by atoms with van der Waals surface area (Å²) in [6.07, 6.45) is 2.17. The van der Waals surface area contributed by atoms with Gasteiger partial charge in [0.25, 0.3) is 0 Å². The summed E-state index contributed by atoms with van der Waals surface area (Å²) in [5, 5.41) is 13.7. The number of nitrogens with one attached hydrogen (secondary N) is 1. The summed E-state index contributed by atoms with van der Waals surface area (Å²) in [7, 11) is 7.15. The van der Waals surface area contributed by atoms with Crippen molar-refractivity contribution in [2.75, 3.05) is 33.6 Å². The number of allylic oxidation sites excluding steroid dienone is 1. The van der Waals surface area contributed by atoms with Gasteiger partial charge in [-0.2, -0.15) is 5.26 Å². The van der Waals surface area contributed by atoms with E-state index in [1.54, 1.807) is 20.4 Å². The standard InChI is InChI=1S/C23H25N3O3/c1-26(2)15-19-12-20-17(11-21(27-3)23(28-4)22(20)29-19)10-16(13-24)14-25-18-8-6-5-7-9-18/h5-9,11-12,14,25H,10,15H2,1-4H3. The van der Waals surface area contributed by atoms with Crippen molar-refractivity contribution in [2.45, 2.75) is 13.0 Å². The maximum Gasteiger partial charge on any atom is 0.204 e. The lowest BCUT2D eigenvalue weighted by Gasteiger charge is -2.11. The SMILES string of the molecule is COc1cc(CC(C#N)=CNc2ccccc2)c2cc(CN(C)C)oc2c1OC. The molecule has 0 amide bonds. The number of benzene rings is 2. The van der Waals surface area contributed by atoms with Gasteiger partial charge >= 0.3 is 0 Å². The number of nitriles is 1. The highest BCUT2D eigenvalue weighted by atomic mass is 16.5. The van der Waals surface area contributed by atoms with Crippen molar-refractivity contribution in [2.24, 2.45) is 0 Å². The van der Waals surface area contributed by atoms with Crippen LogP contribution in [0.5, 0.6) is 11.5 Å². The molecule has 0 aliphatic heterocycles. The molecule has 29 heavy (non-hydrogen) atoms. The first-order valence-electron chi connectivity index (χ1n) is 9.27. The van der Waals surface area contributed by atoms with Gasteiger partial charge in [-0.3, -0.25) is 0 Å².